The Kier molecular flexibility index (Phi) is 5.42. The van der Waals surface area contributed by atoms with Crippen LogP contribution in [0, 0.1) is 0 Å². The average Bonchev–Trinajstić information content (AvgIpc) is 2.33. The van der Waals surface area contributed by atoms with E-state index in [1.807, 2.05) is 18.2 Å². The molecule has 0 bridgehead atoms. The van der Waals surface area contributed by atoms with Crippen molar-refractivity contribution < 1.29 is 4.74 Å². The van der Waals surface area contributed by atoms with Crippen molar-refractivity contribution >= 4 is 0 Å². The van der Waals surface area contributed by atoms with Gasteiger partial charge < -0.3 is 10.1 Å². The predicted octanol–water partition coefficient (Wildman–Crippen LogP) is 3.92. The third-order valence-corrected chi connectivity index (χ3v) is 2.71. The second kappa shape index (κ2) is 6.60. The minimum Gasteiger partial charge on any atom is -0.489 e. The summed E-state index contributed by atoms with van der Waals surface area (Å²) in [6.45, 7) is 14.0. The summed E-state index contributed by atoms with van der Waals surface area (Å²) >= 11 is 0. The van der Waals surface area contributed by atoms with E-state index in [2.05, 4.69) is 45.7 Å². The smallest absolute Gasteiger partial charge is 0.124 e. The van der Waals surface area contributed by atoms with E-state index in [9.17, 15) is 0 Å². The highest BCUT2D eigenvalue weighted by Crippen LogP contribution is 2.19. The largest absolute Gasteiger partial charge is 0.489 e. The van der Waals surface area contributed by atoms with Gasteiger partial charge in [0.25, 0.3) is 0 Å². The molecule has 0 radical (unpaired) electrons. The highest BCUT2D eigenvalue weighted by molar-refractivity contribution is 5.33. The maximum atomic E-state index is 5.82. The first-order valence-corrected chi connectivity index (χ1v) is 6.55. The van der Waals surface area contributed by atoms with Crippen molar-refractivity contribution in [2.45, 2.75) is 46.2 Å². The van der Waals surface area contributed by atoms with E-state index in [-0.39, 0.29) is 5.54 Å². The Morgan fingerprint density at radius 1 is 1.28 bits per heavy atom. The van der Waals surface area contributed by atoms with Crippen molar-refractivity contribution in [3.63, 3.8) is 0 Å². The minimum atomic E-state index is 0.111. The molecule has 0 heterocycles. The van der Waals surface area contributed by atoms with E-state index in [0.717, 1.165) is 24.3 Å². The molecule has 0 saturated heterocycles. The van der Waals surface area contributed by atoms with Gasteiger partial charge in [-0.2, -0.15) is 0 Å². The van der Waals surface area contributed by atoms with Gasteiger partial charge in [-0.25, -0.2) is 0 Å². The summed E-state index contributed by atoms with van der Waals surface area (Å²) in [6.07, 6.45) is 0.961. The molecule has 1 N–H and O–H groups in total. The van der Waals surface area contributed by atoms with Gasteiger partial charge in [0.1, 0.15) is 12.4 Å². The van der Waals surface area contributed by atoms with E-state index in [0.29, 0.717) is 6.61 Å². The van der Waals surface area contributed by atoms with Crippen molar-refractivity contribution in [3.05, 3.63) is 42.0 Å². The molecule has 100 valence electrons. The Morgan fingerprint density at radius 2 is 1.94 bits per heavy atom. The first kappa shape index (κ1) is 14.8. The fraction of sp³-hybridized carbons (Fsp3) is 0.500. The minimum absolute atomic E-state index is 0.111. The van der Waals surface area contributed by atoms with Crippen LogP contribution in [0.15, 0.2) is 36.4 Å². The van der Waals surface area contributed by atoms with Gasteiger partial charge in [0.15, 0.2) is 0 Å². The van der Waals surface area contributed by atoms with Crippen molar-refractivity contribution in [1.29, 1.82) is 0 Å². The molecule has 0 unspecified atom stereocenters. The van der Waals surface area contributed by atoms with Crippen LogP contribution in [0.3, 0.4) is 0 Å². The molecule has 1 rings (SSSR count). The molecular formula is C16H25NO. The summed E-state index contributed by atoms with van der Waals surface area (Å²) in [4.78, 5) is 0. The fourth-order valence-corrected chi connectivity index (χ4v) is 1.43. The van der Waals surface area contributed by atoms with Crippen LogP contribution in [0.5, 0.6) is 5.75 Å². The second-order valence-electron chi connectivity index (χ2n) is 5.60. The number of rotatable bonds is 6. The predicted molar refractivity (Wildman–Crippen MR) is 78.0 cm³/mol. The highest BCUT2D eigenvalue weighted by atomic mass is 16.5. The summed E-state index contributed by atoms with van der Waals surface area (Å²) in [7, 11) is 0. The summed E-state index contributed by atoms with van der Waals surface area (Å²) in [5.41, 5.74) is 2.42. The zero-order valence-corrected chi connectivity index (χ0v) is 12.0. The molecule has 18 heavy (non-hydrogen) atoms. The first-order chi connectivity index (χ1) is 8.42. The first-order valence-electron chi connectivity index (χ1n) is 6.55. The van der Waals surface area contributed by atoms with Crippen molar-refractivity contribution in [2.24, 2.45) is 0 Å². The molecule has 2 nitrogen and oxygen atoms in total. The Bertz CT molecular complexity index is 390. The third kappa shape index (κ3) is 5.37. The molecule has 1 aromatic carbocycles. The van der Waals surface area contributed by atoms with Gasteiger partial charge in [-0.05, 0) is 38.8 Å². The third-order valence-electron chi connectivity index (χ3n) is 2.71. The van der Waals surface area contributed by atoms with Gasteiger partial charge >= 0.3 is 0 Å². The van der Waals surface area contributed by atoms with Crippen LogP contribution >= 0.6 is 0 Å². The molecule has 1 aromatic rings. The summed E-state index contributed by atoms with van der Waals surface area (Å²) < 4.78 is 5.82. The van der Waals surface area contributed by atoms with Crippen LogP contribution < -0.4 is 10.1 Å². The number of benzene rings is 1. The lowest BCUT2D eigenvalue weighted by Crippen LogP contribution is -2.35. The lowest BCUT2D eigenvalue weighted by Gasteiger charge is -2.21. The summed E-state index contributed by atoms with van der Waals surface area (Å²) in [5, 5.41) is 3.48. The Labute approximate surface area is 111 Å². The molecule has 0 aliphatic rings. The average molecular weight is 247 g/mol. The Hall–Kier alpha value is -1.28. The van der Waals surface area contributed by atoms with Gasteiger partial charge in [0, 0.05) is 17.6 Å². The second-order valence-corrected chi connectivity index (χ2v) is 5.60. The number of hydrogen-bond donors (Lipinski definition) is 1. The summed E-state index contributed by atoms with van der Waals surface area (Å²) in [6, 6.07) is 8.16. The molecule has 0 aromatic heterocycles. The van der Waals surface area contributed by atoms with Crippen LogP contribution in [0.1, 0.15) is 39.7 Å². The molecule has 0 amide bonds. The number of ether oxygens (including phenoxy) is 1. The SMILES string of the molecule is C=C(CC)COc1ccccc1CNC(C)(C)C. The van der Waals surface area contributed by atoms with Crippen LogP contribution in [-0.2, 0) is 6.54 Å². The molecule has 0 aliphatic carbocycles. The maximum Gasteiger partial charge on any atom is 0.124 e. The molecule has 0 saturated carbocycles. The summed E-state index contributed by atoms with van der Waals surface area (Å²) in [5.74, 6) is 0.948. The van der Waals surface area contributed by atoms with Crippen molar-refractivity contribution in [3.8, 4) is 5.75 Å². The van der Waals surface area contributed by atoms with Crippen molar-refractivity contribution in [2.75, 3.05) is 6.61 Å². The monoisotopic (exact) mass is 247 g/mol. The Morgan fingerprint density at radius 3 is 2.56 bits per heavy atom. The molecule has 0 fully saturated rings. The number of hydrogen-bond acceptors (Lipinski definition) is 2. The van der Waals surface area contributed by atoms with E-state index in [1.165, 1.54) is 5.56 Å². The van der Waals surface area contributed by atoms with Crippen LogP contribution in [0.2, 0.25) is 0 Å². The number of nitrogens with one attached hydrogen (secondary N) is 1. The molecule has 0 spiro atoms. The normalized spacial score (nSPS) is 11.3. The lowest BCUT2D eigenvalue weighted by atomic mass is 10.1. The van der Waals surface area contributed by atoms with Gasteiger partial charge in [0.05, 0.1) is 0 Å². The van der Waals surface area contributed by atoms with E-state index >= 15 is 0 Å². The fourth-order valence-electron chi connectivity index (χ4n) is 1.43. The zero-order valence-electron chi connectivity index (χ0n) is 12.0. The quantitative estimate of drug-likeness (QED) is 0.769. The Balaban J connectivity index is 2.64. The molecule has 0 aliphatic heterocycles. The van der Waals surface area contributed by atoms with Gasteiger partial charge in [-0.1, -0.05) is 31.7 Å². The highest BCUT2D eigenvalue weighted by Gasteiger charge is 2.10. The van der Waals surface area contributed by atoms with E-state index in [1.54, 1.807) is 0 Å². The number of para-hydroxylation sites is 1. The lowest BCUT2D eigenvalue weighted by molar-refractivity contribution is 0.340. The molecular weight excluding hydrogens is 222 g/mol. The zero-order chi connectivity index (χ0) is 13.6. The standard InChI is InChI=1S/C16H25NO/c1-6-13(2)12-18-15-10-8-7-9-14(15)11-17-16(3,4)5/h7-10,17H,2,6,11-12H2,1,3-5H3. The van der Waals surface area contributed by atoms with Gasteiger partial charge in [-0.15, -0.1) is 0 Å². The van der Waals surface area contributed by atoms with Gasteiger partial charge in [-0.3, -0.25) is 0 Å². The van der Waals surface area contributed by atoms with E-state index in [4.69, 9.17) is 4.74 Å². The molecule has 0 atom stereocenters. The maximum absolute atomic E-state index is 5.82. The van der Waals surface area contributed by atoms with Crippen LogP contribution in [0.25, 0.3) is 0 Å². The van der Waals surface area contributed by atoms with Crippen LogP contribution in [-0.4, -0.2) is 12.1 Å². The van der Waals surface area contributed by atoms with Crippen LogP contribution in [0.4, 0.5) is 0 Å². The van der Waals surface area contributed by atoms with Gasteiger partial charge in [0.2, 0.25) is 0 Å². The topological polar surface area (TPSA) is 21.3 Å². The van der Waals surface area contributed by atoms with Crippen molar-refractivity contribution in [1.82, 2.24) is 5.32 Å². The van der Waals surface area contributed by atoms with E-state index < -0.39 is 0 Å². The molecule has 2 heteroatoms.